The minimum absolute atomic E-state index is 0. The normalized spacial score (nSPS) is 17.4. The first-order valence-corrected chi connectivity index (χ1v) is 9.76. The number of aliphatic imine (C=N–C) groups is 1. The highest BCUT2D eigenvalue weighted by molar-refractivity contribution is 14.0. The van der Waals surface area contributed by atoms with Crippen LogP contribution in [-0.4, -0.2) is 58.9 Å². The Hall–Kier alpha value is -2.07. The second-order valence-corrected chi connectivity index (χ2v) is 7.34. The van der Waals surface area contributed by atoms with Crippen LogP contribution in [0.1, 0.15) is 22.8 Å². The van der Waals surface area contributed by atoms with E-state index in [1.807, 2.05) is 31.2 Å². The van der Waals surface area contributed by atoms with Gasteiger partial charge in [-0.1, -0.05) is 12.1 Å². The summed E-state index contributed by atoms with van der Waals surface area (Å²) in [6.07, 6.45) is 6.98. The summed E-state index contributed by atoms with van der Waals surface area (Å²) in [5.74, 6) is 0.924. The maximum absolute atomic E-state index is 5.94. The lowest BCUT2D eigenvalue weighted by Crippen LogP contribution is -2.48. The Balaban J connectivity index is 0.00000240. The van der Waals surface area contributed by atoms with Crippen molar-refractivity contribution in [3.8, 4) is 0 Å². The van der Waals surface area contributed by atoms with E-state index in [1.54, 1.807) is 0 Å². The molecule has 0 bridgehead atoms. The zero-order valence-electron chi connectivity index (χ0n) is 17.2. The smallest absolute Gasteiger partial charge is 0.193 e. The van der Waals surface area contributed by atoms with Crippen molar-refractivity contribution in [1.82, 2.24) is 25.0 Å². The lowest BCUT2D eigenvalue weighted by Gasteiger charge is -2.34. The zero-order valence-corrected chi connectivity index (χ0v) is 19.5. The predicted molar refractivity (Wildman–Crippen MR) is 127 cm³/mol. The molecule has 29 heavy (non-hydrogen) atoms. The summed E-state index contributed by atoms with van der Waals surface area (Å²) in [5, 5.41) is 9.07. The Morgan fingerprint density at radius 3 is 3.03 bits per heavy atom. The van der Waals surface area contributed by atoms with Gasteiger partial charge in [0.2, 0.25) is 0 Å². The summed E-state index contributed by atoms with van der Waals surface area (Å²) < 4.78 is 7.75. The van der Waals surface area contributed by atoms with E-state index in [-0.39, 0.29) is 30.1 Å². The molecule has 1 atom stereocenters. The molecule has 7 nitrogen and oxygen atoms in total. The third-order valence-electron chi connectivity index (χ3n) is 5.27. The maximum Gasteiger partial charge on any atom is 0.193 e. The summed E-state index contributed by atoms with van der Waals surface area (Å²) in [4.78, 5) is 10.1. The molecule has 1 fully saturated rings. The van der Waals surface area contributed by atoms with Crippen LogP contribution in [0, 0.1) is 6.92 Å². The van der Waals surface area contributed by atoms with Crippen LogP contribution < -0.4 is 5.32 Å². The average molecular weight is 508 g/mol. The van der Waals surface area contributed by atoms with Crippen molar-refractivity contribution in [2.45, 2.75) is 19.4 Å². The Bertz CT molecular complexity index is 979. The number of H-pyrrole nitrogens is 1. The van der Waals surface area contributed by atoms with E-state index in [4.69, 9.17) is 4.74 Å². The van der Waals surface area contributed by atoms with E-state index in [0.29, 0.717) is 6.61 Å². The first-order chi connectivity index (χ1) is 13.6. The number of aromatic amines is 1. The number of ether oxygens (including phenoxy) is 1. The Morgan fingerprint density at radius 2 is 2.28 bits per heavy atom. The fourth-order valence-corrected chi connectivity index (χ4v) is 3.80. The fourth-order valence-electron chi connectivity index (χ4n) is 3.80. The van der Waals surface area contributed by atoms with Crippen LogP contribution in [0.15, 0.2) is 41.8 Å². The van der Waals surface area contributed by atoms with Crippen molar-refractivity contribution in [2.75, 3.05) is 33.3 Å². The van der Waals surface area contributed by atoms with E-state index >= 15 is 0 Å². The van der Waals surface area contributed by atoms with Gasteiger partial charge in [0, 0.05) is 56.0 Å². The van der Waals surface area contributed by atoms with Crippen LogP contribution in [0.3, 0.4) is 0 Å². The van der Waals surface area contributed by atoms with Crippen molar-refractivity contribution in [2.24, 2.45) is 12.0 Å². The fraction of sp³-hybridized carbons (Fsp3) is 0.429. The van der Waals surface area contributed by atoms with E-state index < -0.39 is 0 Å². The topological polar surface area (TPSA) is 70.5 Å². The van der Waals surface area contributed by atoms with E-state index in [1.165, 1.54) is 22.0 Å². The number of hydrogen-bond acceptors (Lipinski definition) is 3. The zero-order chi connectivity index (χ0) is 19.5. The Kier molecular flexibility index (Phi) is 7.18. The molecule has 156 valence electrons. The summed E-state index contributed by atoms with van der Waals surface area (Å²) in [7, 11) is 3.77. The highest BCUT2D eigenvalue weighted by Crippen LogP contribution is 2.22. The van der Waals surface area contributed by atoms with Crippen LogP contribution in [0.2, 0.25) is 0 Å². The van der Waals surface area contributed by atoms with E-state index in [0.717, 1.165) is 37.6 Å². The number of rotatable bonds is 4. The molecule has 1 unspecified atom stereocenters. The second kappa shape index (κ2) is 9.62. The van der Waals surface area contributed by atoms with Crippen molar-refractivity contribution in [1.29, 1.82) is 0 Å². The molecule has 8 heteroatoms. The average Bonchev–Trinajstić information content (AvgIpc) is 3.31. The molecule has 3 aromatic rings. The molecule has 0 radical (unpaired) electrons. The first kappa shape index (κ1) is 21.6. The lowest BCUT2D eigenvalue weighted by atomic mass is 10.1. The minimum atomic E-state index is 0. The van der Waals surface area contributed by atoms with Gasteiger partial charge in [-0.2, -0.15) is 5.10 Å². The van der Waals surface area contributed by atoms with Gasteiger partial charge in [0.25, 0.3) is 0 Å². The Labute approximate surface area is 188 Å². The van der Waals surface area contributed by atoms with Crippen LogP contribution in [0.5, 0.6) is 0 Å². The number of nitrogens with zero attached hydrogens (tertiary/aromatic N) is 4. The van der Waals surface area contributed by atoms with Gasteiger partial charge in [-0.25, -0.2) is 0 Å². The summed E-state index contributed by atoms with van der Waals surface area (Å²) in [6, 6.07) is 6.56. The number of nitrogens with one attached hydrogen (secondary N) is 2. The molecule has 0 amide bonds. The van der Waals surface area contributed by atoms with Gasteiger partial charge in [0.1, 0.15) is 6.10 Å². The van der Waals surface area contributed by atoms with Crippen molar-refractivity contribution in [3.63, 3.8) is 0 Å². The predicted octanol–water partition coefficient (Wildman–Crippen LogP) is 3.02. The second-order valence-electron chi connectivity index (χ2n) is 7.34. The molecule has 1 aliphatic heterocycles. The van der Waals surface area contributed by atoms with Gasteiger partial charge in [-0.05, 0) is 30.5 Å². The molecule has 0 spiro atoms. The molecule has 1 saturated heterocycles. The molecule has 2 N–H and O–H groups in total. The molecule has 4 rings (SSSR count). The van der Waals surface area contributed by atoms with Crippen LogP contribution in [-0.2, 0) is 18.2 Å². The van der Waals surface area contributed by atoms with E-state index in [2.05, 4.69) is 56.6 Å². The lowest BCUT2D eigenvalue weighted by molar-refractivity contribution is -0.00800. The highest BCUT2D eigenvalue weighted by atomic mass is 127. The summed E-state index contributed by atoms with van der Waals surface area (Å²) >= 11 is 0. The van der Waals surface area contributed by atoms with Crippen LogP contribution >= 0.6 is 24.0 Å². The number of morpholine rings is 1. The van der Waals surface area contributed by atoms with Crippen LogP contribution in [0.25, 0.3) is 10.9 Å². The monoisotopic (exact) mass is 508 g/mol. The molecule has 1 aliphatic rings. The molecule has 0 saturated carbocycles. The van der Waals surface area contributed by atoms with Crippen molar-refractivity contribution < 1.29 is 4.74 Å². The largest absolute Gasteiger partial charge is 0.370 e. The molecule has 0 aliphatic carbocycles. The van der Waals surface area contributed by atoms with Gasteiger partial charge in [-0.15, -0.1) is 24.0 Å². The van der Waals surface area contributed by atoms with Crippen LogP contribution in [0.4, 0.5) is 0 Å². The number of guanidine groups is 1. The molecular formula is C21H29IN6O. The van der Waals surface area contributed by atoms with Gasteiger partial charge in [0.05, 0.1) is 19.3 Å². The van der Waals surface area contributed by atoms with Gasteiger partial charge < -0.3 is 19.9 Å². The molecule has 1 aromatic carbocycles. The number of benzene rings is 1. The van der Waals surface area contributed by atoms with Crippen molar-refractivity contribution in [3.05, 3.63) is 53.5 Å². The molecule has 3 heterocycles. The summed E-state index contributed by atoms with van der Waals surface area (Å²) in [5.41, 5.74) is 4.91. The van der Waals surface area contributed by atoms with Crippen molar-refractivity contribution >= 4 is 40.8 Å². The number of halogens is 1. The molecule has 2 aromatic heterocycles. The number of fused-ring (bicyclic) bond motifs is 1. The minimum Gasteiger partial charge on any atom is -0.370 e. The first-order valence-electron chi connectivity index (χ1n) is 9.76. The molecular weight excluding hydrogens is 479 g/mol. The van der Waals surface area contributed by atoms with E-state index in [9.17, 15) is 0 Å². The van der Waals surface area contributed by atoms with Gasteiger partial charge in [0.15, 0.2) is 5.96 Å². The quantitative estimate of drug-likeness (QED) is 0.323. The maximum atomic E-state index is 5.94. The van der Waals surface area contributed by atoms with Gasteiger partial charge in [-0.3, -0.25) is 9.67 Å². The third kappa shape index (κ3) is 4.92. The third-order valence-corrected chi connectivity index (χ3v) is 5.27. The number of aryl methyl sites for hydroxylation is 2. The number of hydrogen-bond donors (Lipinski definition) is 2. The number of aromatic nitrogens is 3. The summed E-state index contributed by atoms with van der Waals surface area (Å²) in [6.45, 7) is 5.25. The SMILES string of the molecule is CN=C(NCCc1c[nH]c2cc(C)ccc12)N1CCOC(c2cnn(C)c2)C1.I. The van der Waals surface area contributed by atoms with Gasteiger partial charge >= 0.3 is 0 Å². The standard InChI is InChI=1S/C21H28N6O.HI/c1-15-4-5-18-16(11-24-19(18)10-15)6-7-23-21(22-2)27-8-9-28-20(14-27)17-12-25-26(3)13-17;/h4-5,10-13,20,24H,6-9,14H2,1-3H3,(H,22,23);1H. The Morgan fingerprint density at radius 1 is 1.41 bits per heavy atom. The highest BCUT2D eigenvalue weighted by Gasteiger charge is 2.25.